The molecular weight excluding hydrogens is 240 g/mol. The minimum atomic E-state index is -0.125. The van der Waals surface area contributed by atoms with Crippen LogP contribution in [0.5, 0.6) is 0 Å². The van der Waals surface area contributed by atoms with Gasteiger partial charge in [0.05, 0.1) is 12.1 Å². The lowest BCUT2D eigenvalue weighted by molar-refractivity contribution is -0.129. The van der Waals surface area contributed by atoms with Crippen LogP contribution in [0.1, 0.15) is 57.9 Å². The topological polar surface area (TPSA) is 46.3 Å². The molecule has 1 heterocycles. The first kappa shape index (κ1) is 15.7. The zero-order valence-corrected chi connectivity index (χ0v) is 13.0. The first-order chi connectivity index (χ1) is 8.75. The van der Waals surface area contributed by atoms with Gasteiger partial charge in [0, 0.05) is 19.0 Å². The molecule has 0 atom stereocenters. The summed E-state index contributed by atoms with van der Waals surface area (Å²) in [4.78, 5) is 18.3. The summed E-state index contributed by atoms with van der Waals surface area (Å²) >= 11 is 0. The summed E-state index contributed by atoms with van der Waals surface area (Å²) in [5.74, 6) is 1.48. The van der Waals surface area contributed by atoms with Crippen LogP contribution in [0, 0.1) is 6.92 Å². The van der Waals surface area contributed by atoms with Crippen molar-refractivity contribution in [3.05, 3.63) is 17.3 Å². The van der Waals surface area contributed by atoms with E-state index in [0.29, 0.717) is 18.1 Å². The Bertz CT molecular complexity index is 430. The number of aryl methyl sites for hydroxylation is 1. The van der Waals surface area contributed by atoms with Gasteiger partial charge in [-0.2, -0.15) is 0 Å². The van der Waals surface area contributed by atoms with Crippen molar-refractivity contribution in [2.75, 3.05) is 13.6 Å². The molecule has 1 aromatic rings. The third-order valence-electron chi connectivity index (χ3n) is 3.12. The molecule has 4 heteroatoms. The SMILES string of the molecule is CCCCN(C)C(=O)Cc1oc(C(C)(C)C)nc1C. The van der Waals surface area contributed by atoms with Gasteiger partial charge in [0.2, 0.25) is 5.91 Å². The van der Waals surface area contributed by atoms with Crippen LogP contribution in [0.4, 0.5) is 0 Å². The van der Waals surface area contributed by atoms with E-state index < -0.39 is 0 Å². The Kier molecular flexibility index (Phi) is 5.15. The monoisotopic (exact) mass is 266 g/mol. The summed E-state index contributed by atoms with van der Waals surface area (Å²) in [6.45, 7) is 11.0. The van der Waals surface area contributed by atoms with Crippen LogP contribution in [-0.4, -0.2) is 29.4 Å². The van der Waals surface area contributed by atoms with Crippen molar-refractivity contribution in [1.29, 1.82) is 0 Å². The van der Waals surface area contributed by atoms with Crippen molar-refractivity contribution in [2.24, 2.45) is 0 Å². The van der Waals surface area contributed by atoms with E-state index in [1.54, 1.807) is 4.90 Å². The molecule has 19 heavy (non-hydrogen) atoms. The summed E-state index contributed by atoms with van der Waals surface area (Å²) in [5, 5.41) is 0. The fourth-order valence-corrected chi connectivity index (χ4v) is 1.71. The Morgan fingerprint density at radius 3 is 2.47 bits per heavy atom. The summed E-state index contributed by atoms with van der Waals surface area (Å²) in [6.07, 6.45) is 2.42. The van der Waals surface area contributed by atoms with Crippen LogP contribution in [0.25, 0.3) is 0 Å². The van der Waals surface area contributed by atoms with Gasteiger partial charge in [0.1, 0.15) is 5.76 Å². The zero-order chi connectivity index (χ0) is 14.6. The highest BCUT2D eigenvalue weighted by atomic mass is 16.4. The maximum Gasteiger partial charge on any atom is 0.230 e. The minimum Gasteiger partial charge on any atom is -0.444 e. The van der Waals surface area contributed by atoms with Crippen LogP contribution >= 0.6 is 0 Å². The molecule has 0 saturated heterocycles. The van der Waals surface area contributed by atoms with E-state index in [2.05, 4.69) is 32.7 Å². The molecule has 0 radical (unpaired) electrons. The second kappa shape index (κ2) is 6.22. The number of hydrogen-bond donors (Lipinski definition) is 0. The van der Waals surface area contributed by atoms with Gasteiger partial charge in [-0.3, -0.25) is 4.79 Å². The fourth-order valence-electron chi connectivity index (χ4n) is 1.71. The van der Waals surface area contributed by atoms with Gasteiger partial charge in [-0.15, -0.1) is 0 Å². The Hall–Kier alpha value is -1.32. The van der Waals surface area contributed by atoms with Crippen LogP contribution in [0.2, 0.25) is 0 Å². The van der Waals surface area contributed by atoms with Crippen molar-refractivity contribution < 1.29 is 9.21 Å². The summed E-state index contributed by atoms with van der Waals surface area (Å²) < 4.78 is 5.75. The molecular formula is C15H26N2O2. The van der Waals surface area contributed by atoms with Crippen LogP contribution in [0.3, 0.4) is 0 Å². The highest BCUT2D eigenvalue weighted by molar-refractivity contribution is 5.78. The van der Waals surface area contributed by atoms with Crippen molar-refractivity contribution in [3.63, 3.8) is 0 Å². The molecule has 1 amide bonds. The third-order valence-corrected chi connectivity index (χ3v) is 3.12. The number of amides is 1. The Morgan fingerprint density at radius 2 is 2.00 bits per heavy atom. The van der Waals surface area contributed by atoms with Gasteiger partial charge < -0.3 is 9.32 Å². The quantitative estimate of drug-likeness (QED) is 0.822. The van der Waals surface area contributed by atoms with Gasteiger partial charge in [-0.05, 0) is 13.3 Å². The molecule has 0 N–H and O–H groups in total. The second-order valence-electron chi connectivity index (χ2n) is 6.12. The first-order valence-electron chi connectivity index (χ1n) is 6.96. The van der Waals surface area contributed by atoms with Gasteiger partial charge in [0.25, 0.3) is 0 Å². The van der Waals surface area contributed by atoms with Crippen molar-refractivity contribution in [3.8, 4) is 0 Å². The molecule has 0 saturated carbocycles. The number of oxazole rings is 1. The molecule has 108 valence electrons. The number of likely N-dealkylation sites (N-methyl/N-ethyl adjacent to an activating group) is 1. The predicted molar refractivity (Wildman–Crippen MR) is 76.2 cm³/mol. The van der Waals surface area contributed by atoms with E-state index in [4.69, 9.17) is 4.42 Å². The molecule has 0 spiro atoms. The summed E-state index contributed by atoms with van der Waals surface area (Å²) in [5.41, 5.74) is 0.697. The lowest BCUT2D eigenvalue weighted by Gasteiger charge is -2.16. The number of hydrogen-bond acceptors (Lipinski definition) is 3. The van der Waals surface area contributed by atoms with E-state index in [-0.39, 0.29) is 11.3 Å². The molecule has 4 nitrogen and oxygen atoms in total. The largest absolute Gasteiger partial charge is 0.444 e. The molecule has 0 fully saturated rings. The Balaban J connectivity index is 2.72. The lowest BCUT2D eigenvalue weighted by atomic mass is 9.97. The molecule has 1 aromatic heterocycles. The highest BCUT2D eigenvalue weighted by Gasteiger charge is 2.23. The van der Waals surface area contributed by atoms with Crippen LogP contribution in [-0.2, 0) is 16.6 Å². The van der Waals surface area contributed by atoms with Crippen molar-refractivity contribution >= 4 is 5.91 Å². The average molecular weight is 266 g/mol. The maximum absolute atomic E-state index is 12.1. The van der Waals surface area contributed by atoms with Crippen LogP contribution in [0.15, 0.2) is 4.42 Å². The van der Waals surface area contributed by atoms with E-state index in [9.17, 15) is 4.79 Å². The van der Waals surface area contributed by atoms with E-state index in [0.717, 1.165) is 25.1 Å². The average Bonchev–Trinajstić information content (AvgIpc) is 2.67. The third kappa shape index (κ3) is 4.37. The van der Waals surface area contributed by atoms with E-state index in [1.165, 1.54) is 0 Å². The van der Waals surface area contributed by atoms with E-state index in [1.807, 2.05) is 14.0 Å². The summed E-state index contributed by atoms with van der Waals surface area (Å²) in [6, 6.07) is 0. The molecule has 0 aliphatic rings. The summed E-state index contributed by atoms with van der Waals surface area (Å²) in [7, 11) is 1.84. The maximum atomic E-state index is 12.1. The van der Waals surface area contributed by atoms with Crippen molar-refractivity contribution in [2.45, 2.75) is 59.3 Å². The first-order valence-corrected chi connectivity index (χ1v) is 6.96. The normalized spacial score (nSPS) is 11.7. The van der Waals surface area contributed by atoms with E-state index >= 15 is 0 Å². The van der Waals surface area contributed by atoms with Gasteiger partial charge in [-0.25, -0.2) is 4.98 Å². The fraction of sp³-hybridized carbons (Fsp3) is 0.733. The predicted octanol–water partition coefficient (Wildman–Crippen LogP) is 3.08. The minimum absolute atomic E-state index is 0.0909. The number of rotatable bonds is 5. The Morgan fingerprint density at radius 1 is 1.37 bits per heavy atom. The van der Waals surface area contributed by atoms with Gasteiger partial charge in [-0.1, -0.05) is 34.1 Å². The molecule has 1 rings (SSSR count). The number of nitrogens with zero attached hydrogens (tertiary/aromatic N) is 2. The molecule has 0 aliphatic heterocycles. The molecule has 0 bridgehead atoms. The number of carbonyl (C=O) groups is 1. The standard InChI is InChI=1S/C15H26N2O2/c1-7-8-9-17(6)13(18)10-12-11(2)16-14(19-12)15(3,4)5/h7-10H2,1-6H3. The van der Waals surface area contributed by atoms with Gasteiger partial charge in [0.15, 0.2) is 5.89 Å². The van der Waals surface area contributed by atoms with Crippen LogP contribution < -0.4 is 0 Å². The van der Waals surface area contributed by atoms with Gasteiger partial charge >= 0.3 is 0 Å². The lowest BCUT2D eigenvalue weighted by Crippen LogP contribution is -2.29. The molecule has 0 unspecified atom stereocenters. The highest BCUT2D eigenvalue weighted by Crippen LogP contribution is 2.24. The number of carbonyl (C=O) groups excluding carboxylic acids is 1. The second-order valence-corrected chi connectivity index (χ2v) is 6.12. The Labute approximate surface area is 116 Å². The number of unbranched alkanes of at least 4 members (excludes halogenated alkanes) is 1. The molecule has 0 aliphatic carbocycles. The smallest absolute Gasteiger partial charge is 0.230 e. The van der Waals surface area contributed by atoms with Crippen molar-refractivity contribution in [1.82, 2.24) is 9.88 Å². The molecule has 0 aromatic carbocycles. The number of aromatic nitrogens is 1. The zero-order valence-electron chi connectivity index (χ0n) is 13.0.